The number of carbonyl (C=O) groups excluding carboxylic acids is 1. The van der Waals surface area contributed by atoms with Crippen molar-refractivity contribution in [2.75, 3.05) is 14.2 Å². The lowest BCUT2D eigenvalue weighted by molar-refractivity contribution is 0.0952. The summed E-state index contributed by atoms with van der Waals surface area (Å²) in [7, 11) is 2.98. The molecule has 0 saturated heterocycles. The fourth-order valence-electron chi connectivity index (χ4n) is 3.51. The Hall–Kier alpha value is -4.10. The first-order chi connectivity index (χ1) is 17.0. The fraction of sp³-hybridized carbons (Fsp3) is 0.111. The number of amides is 1. The lowest BCUT2D eigenvalue weighted by Crippen LogP contribution is -2.18. The van der Waals surface area contributed by atoms with Gasteiger partial charge in [0.15, 0.2) is 11.5 Å². The molecule has 1 N–H and O–H groups in total. The van der Waals surface area contributed by atoms with Crippen LogP contribution in [0.1, 0.15) is 21.5 Å². The number of benzene rings is 4. The van der Waals surface area contributed by atoms with Gasteiger partial charge in [-0.3, -0.25) is 4.79 Å². The molecule has 1 amide bonds. The van der Waals surface area contributed by atoms with Gasteiger partial charge in [0, 0.05) is 5.56 Å². The van der Waals surface area contributed by atoms with Crippen LogP contribution >= 0.6 is 11.6 Å². The molecular formula is C27H22ClFN2O4. The lowest BCUT2D eigenvalue weighted by atomic mass is 10.1. The molecule has 0 aliphatic carbocycles. The zero-order valence-electron chi connectivity index (χ0n) is 19.0. The fourth-order valence-corrected chi connectivity index (χ4v) is 3.78. The Balaban J connectivity index is 1.49. The SMILES string of the molecule is COc1cc2ccccc2cc1C(=O)N/N=C\c1cc(Cl)c(OCc2ccccc2F)c(OC)c1. The van der Waals surface area contributed by atoms with E-state index >= 15 is 0 Å². The summed E-state index contributed by atoms with van der Waals surface area (Å²) in [4.78, 5) is 12.7. The maximum absolute atomic E-state index is 13.9. The third kappa shape index (κ3) is 5.53. The molecule has 6 nitrogen and oxygen atoms in total. The Morgan fingerprint density at radius 2 is 1.66 bits per heavy atom. The van der Waals surface area contributed by atoms with Gasteiger partial charge in [-0.15, -0.1) is 0 Å². The minimum atomic E-state index is -0.424. The van der Waals surface area contributed by atoms with Crippen molar-refractivity contribution < 1.29 is 23.4 Å². The predicted octanol–water partition coefficient (Wildman–Crippen LogP) is 5.99. The molecule has 4 aromatic carbocycles. The first-order valence-electron chi connectivity index (χ1n) is 10.6. The molecule has 0 saturated carbocycles. The van der Waals surface area contributed by atoms with Crippen LogP contribution in [-0.4, -0.2) is 26.3 Å². The number of hydrazone groups is 1. The highest BCUT2D eigenvalue weighted by Gasteiger charge is 2.15. The van der Waals surface area contributed by atoms with Crippen LogP contribution in [0.5, 0.6) is 17.2 Å². The van der Waals surface area contributed by atoms with Crippen LogP contribution in [0.3, 0.4) is 0 Å². The van der Waals surface area contributed by atoms with Gasteiger partial charge in [-0.1, -0.05) is 54.1 Å². The van der Waals surface area contributed by atoms with Crippen molar-refractivity contribution in [3.05, 3.63) is 100 Å². The van der Waals surface area contributed by atoms with Gasteiger partial charge >= 0.3 is 0 Å². The summed E-state index contributed by atoms with van der Waals surface area (Å²) in [6.45, 7) is -0.0141. The summed E-state index contributed by atoms with van der Waals surface area (Å²) in [5.74, 6) is 0.270. The standard InChI is InChI=1S/C27H22ClFN2O4/c1-33-24-14-19-8-4-3-7-18(19)13-21(24)27(32)31-30-15-17-11-22(28)26(25(12-17)34-2)35-16-20-9-5-6-10-23(20)29/h3-15H,16H2,1-2H3,(H,31,32)/b30-15-. The quantitative estimate of drug-likeness (QED) is 0.242. The average Bonchev–Trinajstić information content (AvgIpc) is 2.87. The van der Waals surface area contributed by atoms with Gasteiger partial charge < -0.3 is 14.2 Å². The highest BCUT2D eigenvalue weighted by atomic mass is 35.5. The van der Waals surface area contributed by atoms with E-state index in [0.29, 0.717) is 28.2 Å². The number of halogens is 2. The van der Waals surface area contributed by atoms with E-state index in [-0.39, 0.29) is 23.2 Å². The van der Waals surface area contributed by atoms with Crippen molar-refractivity contribution in [3.8, 4) is 17.2 Å². The maximum atomic E-state index is 13.9. The van der Waals surface area contributed by atoms with Crippen molar-refractivity contribution in [2.24, 2.45) is 5.10 Å². The Morgan fingerprint density at radius 3 is 2.37 bits per heavy atom. The number of nitrogens with zero attached hydrogens (tertiary/aromatic N) is 1. The zero-order chi connectivity index (χ0) is 24.8. The van der Waals surface area contributed by atoms with Crippen LogP contribution in [0.25, 0.3) is 10.8 Å². The summed E-state index contributed by atoms with van der Waals surface area (Å²) >= 11 is 6.39. The van der Waals surface area contributed by atoms with Gasteiger partial charge in [0.05, 0.1) is 31.0 Å². The molecule has 0 aromatic heterocycles. The second-order valence-corrected chi connectivity index (χ2v) is 7.92. The number of carbonyl (C=O) groups is 1. The first kappa shape index (κ1) is 24.0. The normalized spacial score (nSPS) is 11.0. The van der Waals surface area contributed by atoms with Gasteiger partial charge in [0.2, 0.25) is 0 Å². The molecule has 0 radical (unpaired) electrons. The summed E-state index contributed by atoms with van der Waals surface area (Å²) in [6.07, 6.45) is 1.43. The minimum Gasteiger partial charge on any atom is -0.496 e. The van der Waals surface area contributed by atoms with E-state index in [1.165, 1.54) is 26.5 Å². The van der Waals surface area contributed by atoms with E-state index in [4.69, 9.17) is 25.8 Å². The van der Waals surface area contributed by atoms with Gasteiger partial charge in [-0.25, -0.2) is 9.82 Å². The Bertz CT molecular complexity index is 1410. The number of hydrogen-bond donors (Lipinski definition) is 1. The van der Waals surface area contributed by atoms with Crippen molar-refractivity contribution in [2.45, 2.75) is 6.61 Å². The molecular weight excluding hydrogens is 471 g/mol. The predicted molar refractivity (Wildman–Crippen MR) is 134 cm³/mol. The average molecular weight is 493 g/mol. The summed E-state index contributed by atoms with van der Waals surface area (Å²) in [6, 6.07) is 20.8. The monoisotopic (exact) mass is 492 g/mol. The number of nitrogens with one attached hydrogen (secondary N) is 1. The molecule has 4 aromatic rings. The smallest absolute Gasteiger partial charge is 0.275 e. The molecule has 0 spiro atoms. The second kappa shape index (κ2) is 10.9. The molecule has 0 aliphatic heterocycles. The molecule has 4 rings (SSSR count). The van der Waals surface area contributed by atoms with Crippen LogP contribution in [0.2, 0.25) is 5.02 Å². The van der Waals surface area contributed by atoms with Gasteiger partial charge in [-0.2, -0.15) is 5.10 Å². The maximum Gasteiger partial charge on any atom is 0.275 e. The van der Waals surface area contributed by atoms with E-state index in [9.17, 15) is 9.18 Å². The van der Waals surface area contributed by atoms with Gasteiger partial charge in [-0.05, 0) is 46.7 Å². The summed E-state index contributed by atoms with van der Waals surface area (Å²) in [5.41, 5.74) is 3.82. The third-order valence-corrected chi connectivity index (χ3v) is 5.55. The number of methoxy groups -OCH3 is 2. The summed E-state index contributed by atoms with van der Waals surface area (Å²) < 4.78 is 30.4. The van der Waals surface area contributed by atoms with Crippen molar-refractivity contribution >= 4 is 34.5 Å². The molecule has 35 heavy (non-hydrogen) atoms. The third-order valence-electron chi connectivity index (χ3n) is 5.27. The highest BCUT2D eigenvalue weighted by molar-refractivity contribution is 6.32. The van der Waals surface area contributed by atoms with E-state index in [1.54, 1.807) is 42.5 Å². The number of ether oxygens (including phenoxy) is 3. The van der Waals surface area contributed by atoms with E-state index in [2.05, 4.69) is 10.5 Å². The van der Waals surface area contributed by atoms with Crippen LogP contribution in [0, 0.1) is 5.82 Å². The molecule has 0 fully saturated rings. The summed E-state index contributed by atoms with van der Waals surface area (Å²) in [5, 5.41) is 6.16. The molecule has 178 valence electrons. The lowest BCUT2D eigenvalue weighted by Gasteiger charge is -2.13. The van der Waals surface area contributed by atoms with E-state index in [0.717, 1.165) is 10.8 Å². The molecule has 0 heterocycles. The zero-order valence-corrected chi connectivity index (χ0v) is 19.8. The van der Waals surface area contributed by atoms with Gasteiger partial charge in [0.25, 0.3) is 5.91 Å². The molecule has 8 heteroatoms. The Morgan fingerprint density at radius 1 is 0.971 bits per heavy atom. The molecule has 0 bridgehead atoms. The Kier molecular flexibility index (Phi) is 7.48. The van der Waals surface area contributed by atoms with E-state index in [1.807, 2.05) is 24.3 Å². The topological polar surface area (TPSA) is 69.2 Å². The molecule has 0 unspecified atom stereocenters. The Labute approximate surface area is 206 Å². The number of hydrogen-bond acceptors (Lipinski definition) is 5. The minimum absolute atomic E-state index is 0.0141. The van der Waals surface area contributed by atoms with E-state index < -0.39 is 5.91 Å². The van der Waals surface area contributed by atoms with Crippen molar-refractivity contribution in [1.29, 1.82) is 0 Å². The first-order valence-corrected chi connectivity index (χ1v) is 11.0. The van der Waals surface area contributed by atoms with Gasteiger partial charge in [0.1, 0.15) is 18.2 Å². The van der Waals surface area contributed by atoms with Crippen LogP contribution in [-0.2, 0) is 6.61 Å². The van der Waals surface area contributed by atoms with Crippen molar-refractivity contribution in [3.63, 3.8) is 0 Å². The van der Waals surface area contributed by atoms with Crippen LogP contribution in [0.15, 0.2) is 77.9 Å². The largest absolute Gasteiger partial charge is 0.496 e. The van der Waals surface area contributed by atoms with Crippen LogP contribution in [0.4, 0.5) is 4.39 Å². The molecule has 0 aliphatic rings. The highest BCUT2D eigenvalue weighted by Crippen LogP contribution is 2.36. The second-order valence-electron chi connectivity index (χ2n) is 7.51. The number of rotatable bonds is 8. The number of fused-ring (bicyclic) bond motifs is 1. The molecule has 0 atom stereocenters. The van der Waals surface area contributed by atoms with Crippen LogP contribution < -0.4 is 19.6 Å². The van der Waals surface area contributed by atoms with Crippen molar-refractivity contribution in [1.82, 2.24) is 5.43 Å².